The zero-order valence-electron chi connectivity index (χ0n) is 11.5. The van der Waals surface area contributed by atoms with Crippen LogP contribution in [0.15, 0.2) is 24.4 Å². The number of nitrogens with one attached hydrogen (secondary N) is 1. The lowest BCUT2D eigenvalue weighted by molar-refractivity contribution is -0.143. The molecule has 0 aliphatic rings. The number of hydrogen-bond donors (Lipinski definition) is 1. The Labute approximate surface area is 116 Å². The van der Waals surface area contributed by atoms with Crippen LogP contribution < -0.4 is 0 Å². The van der Waals surface area contributed by atoms with Crippen LogP contribution in [0.4, 0.5) is 0 Å². The summed E-state index contributed by atoms with van der Waals surface area (Å²) in [6.45, 7) is 4.28. The van der Waals surface area contributed by atoms with E-state index in [9.17, 15) is 9.59 Å². The van der Waals surface area contributed by atoms with Crippen molar-refractivity contribution in [2.75, 3.05) is 19.7 Å². The highest BCUT2D eigenvalue weighted by molar-refractivity contribution is 5.98. The third kappa shape index (κ3) is 2.96. The van der Waals surface area contributed by atoms with Crippen molar-refractivity contribution in [1.82, 2.24) is 15.1 Å². The second-order valence-electron chi connectivity index (χ2n) is 4.30. The molecule has 0 aliphatic carbocycles. The number of ether oxygens (including phenoxy) is 1. The summed E-state index contributed by atoms with van der Waals surface area (Å²) in [4.78, 5) is 25.3. The van der Waals surface area contributed by atoms with Gasteiger partial charge in [-0.05, 0) is 26.0 Å². The highest BCUT2D eigenvalue weighted by atomic mass is 16.5. The molecule has 1 aromatic heterocycles. The second kappa shape index (κ2) is 6.18. The van der Waals surface area contributed by atoms with E-state index in [1.54, 1.807) is 25.3 Å². The van der Waals surface area contributed by atoms with Crippen molar-refractivity contribution < 1.29 is 14.3 Å². The number of aromatic amines is 1. The molecule has 106 valence electrons. The minimum atomic E-state index is -0.398. The van der Waals surface area contributed by atoms with Crippen molar-refractivity contribution >= 4 is 22.8 Å². The van der Waals surface area contributed by atoms with Gasteiger partial charge in [0.05, 0.1) is 18.3 Å². The van der Waals surface area contributed by atoms with Gasteiger partial charge < -0.3 is 9.64 Å². The van der Waals surface area contributed by atoms with Crippen molar-refractivity contribution in [3.63, 3.8) is 0 Å². The van der Waals surface area contributed by atoms with Gasteiger partial charge in [0, 0.05) is 17.5 Å². The fourth-order valence-electron chi connectivity index (χ4n) is 1.94. The zero-order valence-corrected chi connectivity index (χ0v) is 11.5. The number of carbonyl (C=O) groups excluding carboxylic acids is 2. The first kappa shape index (κ1) is 14.0. The monoisotopic (exact) mass is 275 g/mol. The maximum absolute atomic E-state index is 12.4. The number of H-pyrrole nitrogens is 1. The minimum Gasteiger partial charge on any atom is -0.465 e. The third-order valence-electron chi connectivity index (χ3n) is 2.98. The van der Waals surface area contributed by atoms with Crippen molar-refractivity contribution in [3.05, 3.63) is 30.0 Å². The van der Waals surface area contributed by atoms with Crippen LogP contribution in [0, 0.1) is 0 Å². The number of likely N-dealkylation sites (N-methyl/N-ethyl adjacent to an activating group) is 1. The van der Waals surface area contributed by atoms with Gasteiger partial charge in [0.2, 0.25) is 0 Å². The Morgan fingerprint density at radius 1 is 1.35 bits per heavy atom. The van der Waals surface area contributed by atoms with E-state index in [4.69, 9.17) is 4.74 Å². The number of fused-ring (bicyclic) bond motifs is 1. The van der Waals surface area contributed by atoms with Gasteiger partial charge in [-0.2, -0.15) is 5.10 Å². The summed E-state index contributed by atoms with van der Waals surface area (Å²) in [5.41, 5.74) is 1.32. The topological polar surface area (TPSA) is 75.3 Å². The molecule has 0 unspecified atom stereocenters. The molecule has 0 aliphatic heterocycles. The molecule has 0 bridgehead atoms. The normalized spacial score (nSPS) is 10.5. The van der Waals surface area contributed by atoms with Crippen LogP contribution in [0.2, 0.25) is 0 Å². The fraction of sp³-hybridized carbons (Fsp3) is 0.357. The molecular weight excluding hydrogens is 258 g/mol. The van der Waals surface area contributed by atoms with Gasteiger partial charge in [-0.3, -0.25) is 14.7 Å². The second-order valence-corrected chi connectivity index (χ2v) is 4.30. The van der Waals surface area contributed by atoms with Crippen LogP contribution in [-0.4, -0.2) is 46.7 Å². The van der Waals surface area contributed by atoms with E-state index in [2.05, 4.69) is 10.2 Å². The molecule has 20 heavy (non-hydrogen) atoms. The first-order valence-electron chi connectivity index (χ1n) is 6.53. The number of carbonyl (C=O) groups is 2. The fourth-order valence-corrected chi connectivity index (χ4v) is 1.94. The number of benzene rings is 1. The van der Waals surface area contributed by atoms with Gasteiger partial charge in [-0.1, -0.05) is 6.07 Å². The van der Waals surface area contributed by atoms with Gasteiger partial charge in [-0.25, -0.2) is 0 Å². The first-order valence-corrected chi connectivity index (χ1v) is 6.53. The Bertz CT molecular complexity index is 621. The predicted molar refractivity (Wildman–Crippen MR) is 74.3 cm³/mol. The van der Waals surface area contributed by atoms with E-state index in [0.717, 1.165) is 10.9 Å². The standard InChI is InChI=1S/C14H17N3O3/c1-3-17(9-13(18)20-4-2)14(19)10-5-6-11-8-15-16-12(11)7-10/h5-8H,3-4,9H2,1-2H3,(H,15,16). The maximum atomic E-state index is 12.4. The van der Waals surface area contributed by atoms with E-state index >= 15 is 0 Å². The Hall–Kier alpha value is -2.37. The average Bonchev–Trinajstić information content (AvgIpc) is 2.91. The quantitative estimate of drug-likeness (QED) is 0.841. The molecular formula is C14H17N3O3. The maximum Gasteiger partial charge on any atom is 0.325 e. The Kier molecular flexibility index (Phi) is 4.34. The SMILES string of the molecule is CCOC(=O)CN(CC)C(=O)c1ccc2cn[nH]c2c1. The van der Waals surface area contributed by atoms with Crippen molar-refractivity contribution in [1.29, 1.82) is 0 Å². The highest BCUT2D eigenvalue weighted by Gasteiger charge is 2.18. The van der Waals surface area contributed by atoms with Gasteiger partial charge in [0.15, 0.2) is 0 Å². The molecule has 2 aromatic rings. The molecule has 0 atom stereocenters. The van der Waals surface area contributed by atoms with Crippen molar-refractivity contribution in [2.24, 2.45) is 0 Å². The lowest BCUT2D eigenvalue weighted by Gasteiger charge is -2.19. The van der Waals surface area contributed by atoms with Crippen LogP contribution in [0.5, 0.6) is 0 Å². The smallest absolute Gasteiger partial charge is 0.325 e. The van der Waals surface area contributed by atoms with Gasteiger partial charge in [-0.15, -0.1) is 0 Å². The summed E-state index contributed by atoms with van der Waals surface area (Å²) in [5.74, 6) is -0.595. The number of aromatic nitrogens is 2. The lowest BCUT2D eigenvalue weighted by Crippen LogP contribution is -2.36. The Morgan fingerprint density at radius 3 is 2.85 bits per heavy atom. The van der Waals surface area contributed by atoms with Gasteiger partial charge >= 0.3 is 5.97 Å². The van der Waals surface area contributed by atoms with E-state index < -0.39 is 5.97 Å². The predicted octanol–water partition coefficient (Wildman–Crippen LogP) is 1.59. The third-order valence-corrected chi connectivity index (χ3v) is 2.98. The van der Waals surface area contributed by atoms with E-state index in [-0.39, 0.29) is 12.5 Å². The molecule has 0 saturated heterocycles. The van der Waals surface area contributed by atoms with Crippen molar-refractivity contribution in [2.45, 2.75) is 13.8 Å². The minimum absolute atomic E-state index is 0.0375. The van der Waals surface area contributed by atoms with E-state index in [1.807, 2.05) is 13.0 Å². The van der Waals surface area contributed by atoms with Crippen LogP contribution in [0.3, 0.4) is 0 Å². The van der Waals surface area contributed by atoms with Gasteiger partial charge in [0.25, 0.3) is 5.91 Å². The zero-order chi connectivity index (χ0) is 14.5. The molecule has 1 N–H and O–H groups in total. The molecule has 6 nitrogen and oxygen atoms in total. The number of nitrogens with zero attached hydrogens (tertiary/aromatic N) is 2. The summed E-state index contributed by atoms with van der Waals surface area (Å²) in [6, 6.07) is 5.29. The van der Waals surface area contributed by atoms with Crippen LogP contribution in [-0.2, 0) is 9.53 Å². The van der Waals surface area contributed by atoms with E-state index in [0.29, 0.717) is 18.7 Å². The molecule has 1 aromatic carbocycles. The molecule has 0 saturated carbocycles. The molecule has 6 heteroatoms. The largest absolute Gasteiger partial charge is 0.465 e. The Balaban J connectivity index is 2.16. The lowest BCUT2D eigenvalue weighted by atomic mass is 10.1. The van der Waals surface area contributed by atoms with E-state index in [1.165, 1.54) is 4.90 Å². The summed E-state index contributed by atoms with van der Waals surface area (Å²) >= 11 is 0. The highest BCUT2D eigenvalue weighted by Crippen LogP contribution is 2.14. The molecule has 1 heterocycles. The summed E-state index contributed by atoms with van der Waals surface area (Å²) in [6.07, 6.45) is 1.69. The van der Waals surface area contributed by atoms with Crippen LogP contribution >= 0.6 is 0 Å². The number of hydrogen-bond acceptors (Lipinski definition) is 4. The van der Waals surface area contributed by atoms with Crippen LogP contribution in [0.1, 0.15) is 24.2 Å². The Morgan fingerprint density at radius 2 is 2.15 bits per heavy atom. The molecule has 0 spiro atoms. The molecule has 2 rings (SSSR count). The van der Waals surface area contributed by atoms with Gasteiger partial charge in [0.1, 0.15) is 6.54 Å². The van der Waals surface area contributed by atoms with Crippen LogP contribution in [0.25, 0.3) is 10.9 Å². The summed E-state index contributed by atoms with van der Waals surface area (Å²) in [5, 5.41) is 7.68. The summed E-state index contributed by atoms with van der Waals surface area (Å²) < 4.78 is 4.87. The van der Waals surface area contributed by atoms with Crippen molar-refractivity contribution in [3.8, 4) is 0 Å². The average molecular weight is 275 g/mol. The molecule has 0 radical (unpaired) electrons. The first-order chi connectivity index (χ1) is 9.65. The molecule has 0 fully saturated rings. The number of esters is 1. The molecule has 1 amide bonds. The summed E-state index contributed by atoms with van der Waals surface area (Å²) in [7, 11) is 0. The number of rotatable bonds is 5. The number of amides is 1.